The van der Waals surface area contributed by atoms with E-state index in [1.807, 2.05) is 13.0 Å². The predicted molar refractivity (Wildman–Crippen MR) is 78.4 cm³/mol. The van der Waals surface area contributed by atoms with E-state index in [2.05, 4.69) is 4.72 Å². The first-order valence-electron chi connectivity index (χ1n) is 6.11. The Morgan fingerprint density at radius 2 is 1.90 bits per heavy atom. The molecule has 20 heavy (non-hydrogen) atoms. The van der Waals surface area contributed by atoms with Crippen LogP contribution in [0.2, 0.25) is 5.02 Å². The van der Waals surface area contributed by atoms with Crippen LogP contribution in [0.1, 0.15) is 22.6 Å². The standard InChI is InChI=1S/C14H16ClNO3S/c1-9-4-5-13(15)7-14(9)20(17,18)16-8-12-6-10(2)19-11(12)3/h4-7,16H,8H2,1-3H3. The summed E-state index contributed by atoms with van der Waals surface area (Å²) in [5.74, 6) is 1.48. The molecule has 0 atom stereocenters. The number of sulfonamides is 1. The molecule has 0 aliphatic carbocycles. The molecular formula is C14H16ClNO3S. The maximum atomic E-state index is 12.3. The monoisotopic (exact) mass is 313 g/mol. The number of rotatable bonds is 4. The average Bonchev–Trinajstić information content (AvgIpc) is 2.68. The summed E-state index contributed by atoms with van der Waals surface area (Å²) in [5.41, 5.74) is 1.48. The van der Waals surface area contributed by atoms with Crippen molar-refractivity contribution in [3.8, 4) is 0 Å². The van der Waals surface area contributed by atoms with E-state index in [-0.39, 0.29) is 11.4 Å². The number of benzene rings is 1. The van der Waals surface area contributed by atoms with Crippen molar-refractivity contribution in [2.75, 3.05) is 0 Å². The van der Waals surface area contributed by atoms with Gasteiger partial charge in [-0.15, -0.1) is 0 Å². The maximum absolute atomic E-state index is 12.3. The second-order valence-corrected chi connectivity index (χ2v) is 6.84. The summed E-state index contributed by atoms with van der Waals surface area (Å²) in [6, 6.07) is 6.62. The summed E-state index contributed by atoms with van der Waals surface area (Å²) in [5, 5.41) is 0.395. The van der Waals surface area contributed by atoms with Gasteiger partial charge in [0, 0.05) is 17.1 Å². The summed E-state index contributed by atoms with van der Waals surface area (Å²) < 4.78 is 32.5. The van der Waals surface area contributed by atoms with Crippen LogP contribution in [0.4, 0.5) is 0 Å². The molecule has 2 rings (SSSR count). The Hall–Kier alpha value is -1.30. The van der Waals surface area contributed by atoms with Gasteiger partial charge in [-0.25, -0.2) is 13.1 Å². The number of aryl methyl sites for hydroxylation is 3. The van der Waals surface area contributed by atoms with Crippen LogP contribution in [0.3, 0.4) is 0 Å². The summed E-state index contributed by atoms with van der Waals surface area (Å²) in [6.07, 6.45) is 0. The van der Waals surface area contributed by atoms with Gasteiger partial charge in [-0.05, 0) is 44.5 Å². The second kappa shape index (κ2) is 5.60. The molecule has 0 spiro atoms. The summed E-state index contributed by atoms with van der Waals surface area (Å²) in [4.78, 5) is 0.197. The van der Waals surface area contributed by atoms with Crippen LogP contribution >= 0.6 is 11.6 Å². The van der Waals surface area contributed by atoms with Crippen LogP contribution in [0.5, 0.6) is 0 Å². The van der Waals surface area contributed by atoms with Gasteiger partial charge in [0.15, 0.2) is 0 Å². The fraction of sp³-hybridized carbons (Fsp3) is 0.286. The van der Waals surface area contributed by atoms with Gasteiger partial charge >= 0.3 is 0 Å². The Bertz CT molecular complexity index is 735. The smallest absolute Gasteiger partial charge is 0.241 e. The van der Waals surface area contributed by atoms with E-state index in [4.69, 9.17) is 16.0 Å². The van der Waals surface area contributed by atoms with Crippen LogP contribution in [0.15, 0.2) is 33.6 Å². The summed E-state index contributed by atoms with van der Waals surface area (Å²) in [6.45, 7) is 5.56. The highest BCUT2D eigenvalue weighted by Gasteiger charge is 2.18. The van der Waals surface area contributed by atoms with Crippen LogP contribution < -0.4 is 4.72 Å². The Kier molecular flexibility index (Phi) is 4.22. The lowest BCUT2D eigenvalue weighted by Crippen LogP contribution is -2.24. The minimum absolute atomic E-state index is 0.192. The largest absolute Gasteiger partial charge is 0.466 e. The number of furan rings is 1. The Morgan fingerprint density at radius 3 is 2.50 bits per heavy atom. The minimum Gasteiger partial charge on any atom is -0.466 e. The third-order valence-corrected chi connectivity index (χ3v) is 4.81. The molecular weight excluding hydrogens is 298 g/mol. The lowest BCUT2D eigenvalue weighted by atomic mass is 10.2. The lowest BCUT2D eigenvalue weighted by Gasteiger charge is -2.09. The van der Waals surface area contributed by atoms with Crippen molar-refractivity contribution in [1.82, 2.24) is 4.72 Å². The van der Waals surface area contributed by atoms with Gasteiger partial charge in [-0.3, -0.25) is 0 Å². The van der Waals surface area contributed by atoms with Crippen LogP contribution in [0, 0.1) is 20.8 Å². The van der Waals surface area contributed by atoms with Gasteiger partial charge in [0.25, 0.3) is 0 Å². The van der Waals surface area contributed by atoms with E-state index >= 15 is 0 Å². The third kappa shape index (κ3) is 3.23. The topological polar surface area (TPSA) is 59.3 Å². The molecule has 0 aliphatic rings. The van der Waals surface area contributed by atoms with Crippen molar-refractivity contribution < 1.29 is 12.8 Å². The molecule has 2 aromatic rings. The van der Waals surface area contributed by atoms with Gasteiger partial charge in [0.05, 0.1) is 4.90 Å². The third-order valence-electron chi connectivity index (χ3n) is 3.04. The van der Waals surface area contributed by atoms with E-state index < -0.39 is 10.0 Å². The zero-order valence-electron chi connectivity index (χ0n) is 11.5. The highest BCUT2D eigenvalue weighted by molar-refractivity contribution is 7.89. The predicted octanol–water partition coefficient (Wildman–Crippen LogP) is 3.34. The van der Waals surface area contributed by atoms with Gasteiger partial charge in [-0.1, -0.05) is 17.7 Å². The van der Waals surface area contributed by atoms with Gasteiger partial charge < -0.3 is 4.42 Å². The molecule has 1 N–H and O–H groups in total. The first-order valence-corrected chi connectivity index (χ1v) is 7.97. The molecule has 4 nitrogen and oxygen atoms in total. The van der Waals surface area contributed by atoms with Crippen LogP contribution in [-0.4, -0.2) is 8.42 Å². The molecule has 1 heterocycles. The highest BCUT2D eigenvalue weighted by Crippen LogP contribution is 2.21. The average molecular weight is 314 g/mol. The Labute approximate surface area is 123 Å². The fourth-order valence-corrected chi connectivity index (χ4v) is 3.48. The quantitative estimate of drug-likeness (QED) is 0.941. The summed E-state index contributed by atoms with van der Waals surface area (Å²) >= 11 is 5.86. The molecule has 0 aliphatic heterocycles. The molecule has 1 aromatic heterocycles. The highest BCUT2D eigenvalue weighted by atomic mass is 35.5. The van der Waals surface area contributed by atoms with Crippen molar-refractivity contribution >= 4 is 21.6 Å². The number of hydrogen-bond acceptors (Lipinski definition) is 3. The maximum Gasteiger partial charge on any atom is 0.241 e. The van der Waals surface area contributed by atoms with Crippen molar-refractivity contribution in [2.24, 2.45) is 0 Å². The lowest BCUT2D eigenvalue weighted by molar-refractivity contribution is 0.500. The first-order chi connectivity index (χ1) is 9.29. The van der Waals surface area contributed by atoms with Gasteiger partial charge in [0.1, 0.15) is 11.5 Å². The van der Waals surface area contributed by atoms with Gasteiger partial charge in [0.2, 0.25) is 10.0 Å². The van der Waals surface area contributed by atoms with Crippen molar-refractivity contribution in [3.05, 3.63) is 51.9 Å². The minimum atomic E-state index is -3.60. The first kappa shape index (κ1) is 15.1. The Morgan fingerprint density at radius 1 is 1.20 bits per heavy atom. The van der Waals surface area contributed by atoms with Crippen molar-refractivity contribution in [2.45, 2.75) is 32.2 Å². The fourth-order valence-electron chi connectivity index (χ4n) is 1.97. The molecule has 0 radical (unpaired) electrons. The molecule has 0 bridgehead atoms. The Balaban J connectivity index is 2.23. The second-order valence-electron chi connectivity index (χ2n) is 4.67. The molecule has 6 heteroatoms. The normalized spacial score (nSPS) is 11.8. The molecule has 0 unspecified atom stereocenters. The molecule has 0 fully saturated rings. The SMILES string of the molecule is Cc1cc(CNS(=O)(=O)c2cc(Cl)ccc2C)c(C)o1. The zero-order chi connectivity index (χ0) is 14.9. The zero-order valence-corrected chi connectivity index (χ0v) is 13.1. The van der Waals surface area contributed by atoms with Gasteiger partial charge in [-0.2, -0.15) is 0 Å². The van der Waals surface area contributed by atoms with Crippen LogP contribution in [0.25, 0.3) is 0 Å². The van der Waals surface area contributed by atoms with E-state index in [9.17, 15) is 8.42 Å². The van der Waals surface area contributed by atoms with E-state index in [1.165, 1.54) is 6.07 Å². The number of hydrogen-bond donors (Lipinski definition) is 1. The van der Waals surface area contributed by atoms with Crippen molar-refractivity contribution in [1.29, 1.82) is 0 Å². The molecule has 0 amide bonds. The number of halogens is 1. The van der Waals surface area contributed by atoms with E-state index in [0.717, 1.165) is 11.3 Å². The molecule has 108 valence electrons. The number of nitrogens with one attached hydrogen (secondary N) is 1. The summed E-state index contributed by atoms with van der Waals surface area (Å²) in [7, 11) is -3.60. The van der Waals surface area contributed by atoms with E-state index in [1.54, 1.807) is 26.0 Å². The van der Waals surface area contributed by atoms with Crippen molar-refractivity contribution in [3.63, 3.8) is 0 Å². The molecule has 0 saturated carbocycles. The molecule has 1 aromatic carbocycles. The molecule has 0 saturated heterocycles. The van der Waals surface area contributed by atoms with E-state index in [0.29, 0.717) is 16.3 Å². The van der Waals surface area contributed by atoms with Crippen LogP contribution in [-0.2, 0) is 16.6 Å².